The lowest BCUT2D eigenvalue weighted by Gasteiger charge is -2.21. The van der Waals surface area contributed by atoms with Crippen LogP contribution in [0, 0.1) is 5.92 Å². The Bertz CT molecular complexity index is 493. The van der Waals surface area contributed by atoms with Crippen LogP contribution >= 0.6 is 0 Å². The van der Waals surface area contributed by atoms with Crippen molar-refractivity contribution in [3.8, 4) is 0 Å². The van der Waals surface area contributed by atoms with Crippen LogP contribution in [0.4, 0.5) is 4.79 Å². The Labute approximate surface area is 125 Å². The average molecular weight is 289 g/mol. The Morgan fingerprint density at radius 2 is 1.90 bits per heavy atom. The van der Waals surface area contributed by atoms with Crippen molar-refractivity contribution in [2.75, 3.05) is 0 Å². The molecule has 114 valence electrons. The van der Waals surface area contributed by atoms with Crippen molar-refractivity contribution >= 4 is 12.4 Å². The quantitative estimate of drug-likeness (QED) is 0.869. The number of rotatable bonds is 3. The fourth-order valence-corrected chi connectivity index (χ4v) is 2.90. The first-order chi connectivity index (χ1) is 9.89. The minimum absolute atomic E-state index is 0.0137. The topological polar surface area (TPSA) is 55.4 Å². The number of alkyl carbamates (subject to hydrolysis) is 1. The fourth-order valence-electron chi connectivity index (χ4n) is 2.90. The van der Waals surface area contributed by atoms with Crippen LogP contribution < -0.4 is 5.32 Å². The Morgan fingerprint density at radius 3 is 2.48 bits per heavy atom. The van der Waals surface area contributed by atoms with Crippen LogP contribution in [-0.2, 0) is 9.53 Å². The van der Waals surface area contributed by atoms with Gasteiger partial charge in [0, 0.05) is 12.0 Å². The highest BCUT2D eigenvalue weighted by Crippen LogP contribution is 2.38. The van der Waals surface area contributed by atoms with Gasteiger partial charge in [-0.25, -0.2) is 4.79 Å². The lowest BCUT2D eigenvalue weighted by molar-refractivity contribution is -0.111. The second kappa shape index (κ2) is 6.29. The molecule has 0 heterocycles. The number of ether oxygens (including phenoxy) is 1. The smallest absolute Gasteiger partial charge is 0.407 e. The van der Waals surface area contributed by atoms with E-state index in [2.05, 4.69) is 5.32 Å². The van der Waals surface area contributed by atoms with E-state index in [1.807, 2.05) is 51.1 Å². The number of aldehydes is 1. The van der Waals surface area contributed by atoms with E-state index in [0.29, 0.717) is 6.42 Å². The zero-order chi connectivity index (χ0) is 15.5. The van der Waals surface area contributed by atoms with Gasteiger partial charge in [-0.2, -0.15) is 0 Å². The summed E-state index contributed by atoms with van der Waals surface area (Å²) >= 11 is 0. The van der Waals surface area contributed by atoms with E-state index in [0.717, 1.165) is 18.3 Å². The first-order valence-electron chi connectivity index (χ1n) is 7.39. The average Bonchev–Trinajstić information content (AvgIpc) is 2.80. The van der Waals surface area contributed by atoms with Gasteiger partial charge in [-0.05, 0) is 45.1 Å². The summed E-state index contributed by atoms with van der Waals surface area (Å²) < 4.78 is 5.27. The normalized spacial score (nSPS) is 25.4. The lowest BCUT2D eigenvalue weighted by atomic mass is 9.90. The molecule has 1 aliphatic carbocycles. The van der Waals surface area contributed by atoms with Crippen LogP contribution in [-0.4, -0.2) is 24.0 Å². The van der Waals surface area contributed by atoms with Crippen LogP contribution in [0.3, 0.4) is 0 Å². The highest BCUT2D eigenvalue weighted by atomic mass is 16.6. The van der Waals surface area contributed by atoms with Gasteiger partial charge in [0.2, 0.25) is 0 Å². The number of amides is 1. The minimum Gasteiger partial charge on any atom is -0.444 e. The molecule has 0 radical (unpaired) electrons. The van der Waals surface area contributed by atoms with Gasteiger partial charge in [0.15, 0.2) is 0 Å². The van der Waals surface area contributed by atoms with Gasteiger partial charge in [0.1, 0.15) is 11.9 Å². The molecule has 0 aromatic heterocycles. The molecule has 4 nitrogen and oxygen atoms in total. The summed E-state index contributed by atoms with van der Waals surface area (Å²) in [5, 5.41) is 2.88. The molecule has 1 saturated carbocycles. The molecule has 1 fully saturated rings. The Kier molecular flexibility index (Phi) is 4.66. The van der Waals surface area contributed by atoms with Crippen molar-refractivity contribution in [1.82, 2.24) is 5.32 Å². The third-order valence-electron chi connectivity index (χ3n) is 3.74. The maximum Gasteiger partial charge on any atom is 0.407 e. The molecule has 0 unspecified atom stereocenters. The molecule has 0 aliphatic heterocycles. The molecule has 0 bridgehead atoms. The standard InChI is InChI=1S/C17H23NO3/c1-17(2,3)21-16(20)18-14-9-13(11-19)15(10-14)12-7-5-4-6-8-12/h4-8,11,13-15H,9-10H2,1-3H3,(H,18,20)/t13-,14-,15-/m1/s1. The number of hydrogen-bond acceptors (Lipinski definition) is 3. The second-order valence-electron chi connectivity index (χ2n) is 6.63. The number of benzene rings is 1. The molecular formula is C17H23NO3. The van der Waals surface area contributed by atoms with E-state index in [1.54, 1.807) is 0 Å². The third-order valence-corrected chi connectivity index (χ3v) is 3.74. The van der Waals surface area contributed by atoms with Gasteiger partial charge in [0.05, 0.1) is 0 Å². The van der Waals surface area contributed by atoms with Gasteiger partial charge in [-0.1, -0.05) is 30.3 Å². The van der Waals surface area contributed by atoms with Crippen LogP contribution in [0.2, 0.25) is 0 Å². The molecular weight excluding hydrogens is 266 g/mol. The van der Waals surface area contributed by atoms with Crippen molar-refractivity contribution in [3.05, 3.63) is 35.9 Å². The molecule has 1 aromatic carbocycles. The summed E-state index contributed by atoms with van der Waals surface area (Å²) in [7, 11) is 0. The summed E-state index contributed by atoms with van der Waals surface area (Å²) in [5.74, 6) is 0.121. The van der Waals surface area contributed by atoms with Crippen LogP contribution in [0.15, 0.2) is 30.3 Å². The molecule has 4 heteroatoms. The van der Waals surface area contributed by atoms with Crippen molar-refractivity contribution in [3.63, 3.8) is 0 Å². The number of nitrogens with one attached hydrogen (secondary N) is 1. The van der Waals surface area contributed by atoms with Gasteiger partial charge < -0.3 is 14.8 Å². The summed E-state index contributed by atoms with van der Waals surface area (Å²) in [4.78, 5) is 23.1. The maximum absolute atomic E-state index is 11.8. The highest BCUT2D eigenvalue weighted by Gasteiger charge is 2.36. The van der Waals surface area contributed by atoms with Crippen molar-refractivity contribution < 1.29 is 14.3 Å². The van der Waals surface area contributed by atoms with Crippen LogP contribution in [0.1, 0.15) is 45.1 Å². The number of hydrogen-bond donors (Lipinski definition) is 1. The molecule has 21 heavy (non-hydrogen) atoms. The molecule has 1 aromatic rings. The molecule has 1 amide bonds. The minimum atomic E-state index is -0.508. The van der Waals surface area contributed by atoms with E-state index < -0.39 is 11.7 Å². The Balaban J connectivity index is 1.99. The highest BCUT2D eigenvalue weighted by molar-refractivity contribution is 5.68. The monoisotopic (exact) mass is 289 g/mol. The lowest BCUT2D eigenvalue weighted by Crippen LogP contribution is -2.38. The summed E-state index contributed by atoms with van der Waals surface area (Å²) in [6.07, 6.45) is 2.04. The molecule has 2 rings (SSSR count). The fraction of sp³-hybridized carbons (Fsp3) is 0.529. The largest absolute Gasteiger partial charge is 0.444 e. The van der Waals surface area contributed by atoms with E-state index >= 15 is 0 Å². The Morgan fingerprint density at radius 1 is 1.24 bits per heavy atom. The van der Waals surface area contributed by atoms with E-state index in [1.165, 1.54) is 0 Å². The summed E-state index contributed by atoms with van der Waals surface area (Å²) in [5.41, 5.74) is 0.647. The first kappa shape index (κ1) is 15.5. The maximum atomic E-state index is 11.8. The van der Waals surface area contributed by atoms with E-state index in [-0.39, 0.29) is 17.9 Å². The zero-order valence-electron chi connectivity index (χ0n) is 12.8. The van der Waals surface area contributed by atoms with Gasteiger partial charge >= 0.3 is 6.09 Å². The van der Waals surface area contributed by atoms with Crippen molar-refractivity contribution in [1.29, 1.82) is 0 Å². The Hall–Kier alpha value is -1.84. The summed E-state index contributed by atoms with van der Waals surface area (Å²) in [6, 6.07) is 9.98. The molecule has 3 atom stereocenters. The SMILES string of the molecule is CC(C)(C)OC(=O)N[C@H]1C[C@H](c2ccccc2)[C@@H](C=O)C1. The second-order valence-corrected chi connectivity index (χ2v) is 6.63. The number of carbonyl (C=O) groups is 2. The molecule has 1 aliphatic rings. The third kappa shape index (κ3) is 4.31. The van der Waals surface area contributed by atoms with Crippen LogP contribution in [0.25, 0.3) is 0 Å². The first-order valence-corrected chi connectivity index (χ1v) is 7.39. The predicted octanol–water partition coefficient (Wildman–Crippen LogP) is 3.27. The van der Waals surface area contributed by atoms with Crippen molar-refractivity contribution in [2.24, 2.45) is 5.92 Å². The van der Waals surface area contributed by atoms with E-state index in [9.17, 15) is 9.59 Å². The zero-order valence-corrected chi connectivity index (χ0v) is 12.8. The molecule has 1 N–H and O–H groups in total. The molecule has 0 spiro atoms. The van der Waals surface area contributed by atoms with Crippen LogP contribution in [0.5, 0.6) is 0 Å². The predicted molar refractivity (Wildman–Crippen MR) is 81.1 cm³/mol. The van der Waals surface area contributed by atoms with Gasteiger partial charge in [-0.3, -0.25) is 0 Å². The number of carbonyl (C=O) groups excluding carboxylic acids is 2. The van der Waals surface area contributed by atoms with Gasteiger partial charge in [-0.15, -0.1) is 0 Å². The molecule has 0 saturated heterocycles. The van der Waals surface area contributed by atoms with E-state index in [4.69, 9.17) is 4.74 Å². The van der Waals surface area contributed by atoms with Gasteiger partial charge in [0.25, 0.3) is 0 Å². The summed E-state index contributed by atoms with van der Waals surface area (Å²) in [6.45, 7) is 5.51. The van der Waals surface area contributed by atoms with Crippen molar-refractivity contribution in [2.45, 2.75) is 51.2 Å².